The Morgan fingerprint density at radius 1 is 1.21 bits per heavy atom. The van der Waals surface area contributed by atoms with Crippen molar-refractivity contribution < 1.29 is 14.3 Å². The molecule has 0 spiro atoms. The van der Waals surface area contributed by atoms with Gasteiger partial charge in [-0.2, -0.15) is 0 Å². The van der Waals surface area contributed by atoms with E-state index in [9.17, 15) is 9.59 Å². The first kappa shape index (κ1) is 18.5. The van der Waals surface area contributed by atoms with Gasteiger partial charge in [0.1, 0.15) is 0 Å². The zero-order chi connectivity index (χ0) is 19.7. The van der Waals surface area contributed by atoms with Crippen molar-refractivity contribution in [2.24, 2.45) is 11.3 Å². The van der Waals surface area contributed by atoms with Crippen LogP contribution in [0.4, 0.5) is 5.69 Å². The Labute approximate surface area is 165 Å². The van der Waals surface area contributed by atoms with Gasteiger partial charge in [-0.15, -0.1) is 0 Å². The van der Waals surface area contributed by atoms with Gasteiger partial charge in [0.15, 0.2) is 0 Å². The van der Waals surface area contributed by atoms with Gasteiger partial charge in [0.2, 0.25) is 5.91 Å². The summed E-state index contributed by atoms with van der Waals surface area (Å²) in [6.45, 7) is 6.61. The van der Waals surface area contributed by atoms with Crippen LogP contribution in [-0.2, 0) is 27.2 Å². The first-order chi connectivity index (χ1) is 13.4. The molecule has 1 aliphatic heterocycles. The molecule has 144 valence electrons. The van der Waals surface area contributed by atoms with Crippen LogP contribution in [0.5, 0.6) is 0 Å². The third-order valence-electron chi connectivity index (χ3n) is 5.91. The average molecular weight is 375 g/mol. The number of hydrogen-bond donors (Lipinski definition) is 1. The topological polar surface area (TPSA) is 55.4 Å². The van der Waals surface area contributed by atoms with Gasteiger partial charge >= 0.3 is 5.97 Å². The number of aryl methyl sites for hydroxylation is 1. The van der Waals surface area contributed by atoms with Crippen LogP contribution >= 0.6 is 0 Å². The number of allylic oxidation sites excluding steroid dienone is 1. The summed E-state index contributed by atoms with van der Waals surface area (Å²) in [5.41, 5.74) is 4.68. The highest BCUT2D eigenvalue weighted by atomic mass is 16.5. The number of rotatable bonds is 5. The van der Waals surface area contributed by atoms with E-state index in [1.165, 1.54) is 0 Å². The third kappa shape index (κ3) is 3.59. The van der Waals surface area contributed by atoms with Crippen LogP contribution in [0.3, 0.4) is 0 Å². The van der Waals surface area contributed by atoms with Crippen molar-refractivity contribution in [3.05, 3.63) is 77.4 Å². The molecule has 1 aliphatic carbocycles. The Hall–Kier alpha value is -2.88. The van der Waals surface area contributed by atoms with Crippen LogP contribution in [0.2, 0.25) is 0 Å². The number of amides is 1. The fourth-order valence-corrected chi connectivity index (χ4v) is 4.55. The van der Waals surface area contributed by atoms with E-state index in [-0.39, 0.29) is 17.8 Å². The number of ether oxygens (including phenoxy) is 1. The lowest BCUT2D eigenvalue weighted by molar-refractivity contribution is -0.146. The number of nitrogens with one attached hydrogen (secondary N) is 1. The van der Waals surface area contributed by atoms with Crippen LogP contribution in [0.15, 0.2) is 60.7 Å². The van der Waals surface area contributed by atoms with E-state index in [4.69, 9.17) is 4.74 Å². The first-order valence-electron chi connectivity index (χ1n) is 9.73. The van der Waals surface area contributed by atoms with Gasteiger partial charge in [-0.25, -0.2) is 0 Å². The van der Waals surface area contributed by atoms with E-state index < -0.39 is 5.41 Å². The summed E-state index contributed by atoms with van der Waals surface area (Å²) in [5.74, 6) is 0.108. The molecule has 4 heteroatoms. The highest BCUT2D eigenvalue weighted by molar-refractivity contribution is 5.92. The Bertz CT molecular complexity index is 931. The normalized spacial score (nSPS) is 23.4. The Morgan fingerprint density at radius 2 is 2.00 bits per heavy atom. The molecule has 2 aromatic carbocycles. The molecule has 1 amide bonds. The van der Waals surface area contributed by atoms with Gasteiger partial charge in [-0.1, -0.05) is 54.1 Å². The predicted octanol–water partition coefficient (Wildman–Crippen LogP) is 4.23. The van der Waals surface area contributed by atoms with Crippen LogP contribution < -0.4 is 5.32 Å². The largest absolute Gasteiger partial charge is 0.465 e. The SMILES string of the molecule is C=C1CC2COC(=O)C2(Cc2ccc(NC(=O)Cc3cccc(C)c3)cc2)C1. The highest BCUT2D eigenvalue weighted by Crippen LogP contribution is 2.52. The lowest BCUT2D eigenvalue weighted by Gasteiger charge is -2.24. The molecule has 1 heterocycles. The van der Waals surface area contributed by atoms with E-state index in [1.54, 1.807) is 0 Å². The maximum Gasteiger partial charge on any atom is 0.313 e. The standard InChI is InChI=1S/C24H25NO3/c1-16-4-3-5-19(10-16)12-22(26)25-21-8-6-18(7-9-21)14-24-13-17(2)11-20(24)15-28-23(24)27/h3-10,20H,2,11-15H2,1H3,(H,25,26). The molecule has 4 rings (SSSR count). The maximum absolute atomic E-state index is 12.4. The van der Waals surface area contributed by atoms with Crippen LogP contribution in [0.25, 0.3) is 0 Å². The minimum atomic E-state index is -0.451. The molecule has 28 heavy (non-hydrogen) atoms. The number of esters is 1. The summed E-state index contributed by atoms with van der Waals surface area (Å²) in [6.07, 6.45) is 2.60. The van der Waals surface area contributed by atoms with E-state index >= 15 is 0 Å². The van der Waals surface area contributed by atoms with Crippen molar-refractivity contribution in [3.8, 4) is 0 Å². The quantitative estimate of drug-likeness (QED) is 0.629. The van der Waals surface area contributed by atoms with E-state index in [1.807, 2.05) is 55.5 Å². The molecule has 0 bridgehead atoms. The van der Waals surface area contributed by atoms with Crippen molar-refractivity contribution in [3.63, 3.8) is 0 Å². The minimum absolute atomic E-state index is 0.0385. The Kier molecular flexibility index (Phi) is 4.80. The fraction of sp³-hybridized carbons (Fsp3) is 0.333. The van der Waals surface area contributed by atoms with Crippen molar-refractivity contribution >= 4 is 17.6 Å². The summed E-state index contributed by atoms with van der Waals surface area (Å²) < 4.78 is 5.35. The summed E-state index contributed by atoms with van der Waals surface area (Å²) in [7, 11) is 0. The zero-order valence-corrected chi connectivity index (χ0v) is 16.2. The van der Waals surface area contributed by atoms with Crippen LogP contribution in [0, 0.1) is 18.3 Å². The molecule has 2 unspecified atom stereocenters. The number of anilines is 1. The predicted molar refractivity (Wildman–Crippen MR) is 109 cm³/mol. The molecular formula is C24H25NO3. The Balaban J connectivity index is 1.41. The molecular weight excluding hydrogens is 350 g/mol. The van der Waals surface area contributed by atoms with Crippen molar-refractivity contribution in [2.45, 2.75) is 32.6 Å². The molecule has 1 saturated heterocycles. The summed E-state index contributed by atoms with van der Waals surface area (Å²) in [5, 5.41) is 2.95. The van der Waals surface area contributed by atoms with Gasteiger partial charge in [0.25, 0.3) is 0 Å². The van der Waals surface area contributed by atoms with Gasteiger partial charge in [0.05, 0.1) is 18.4 Å². The maximum atomic E-state index is 12.4. The number of hydrogen-bond acceptors (Lipinski definition) is 3. The van der Waals surface area contributed by atoms with Crippen molar-refractivity contribution in [2.75, 3.05) is 11.9 Å². The average Bonchev–Trinajstić information content (AvgIpc) is 3.11. The second-order valence-corrected chi connectivity index (χ2v) is 8.17. The number of benzene rings is 2. The van der Waals surface area contributed by atoms with Gasteiger partial charge in [-0.05, 0) is 49.4 Å². The van der Waals surface area contributed by atoms with E-state index in [2.05, 4.69) is 11.9 Å². The molecule has 2 fully saturated rings. The Morgan fingerprint density at radius 3 is 2.75 bits per heavy atom. The van der Waals surface area contributed by atoms with Crippen LogP contribution in [0.1, 0.15) is 29.5 Å². The van der Waals surface area contributed by atoms with Gasteiger partial charge < -0.3 is 10.1 Å². The van der Waals surface area contributed by atoms with Gasteiger partial charge in [-0.3, -0.25) is 9.59 Å². The fourth-order valence-electron chi connectivity index (χ4n) is 4.55. The third-order valence-corrected chi connectivity index (χ3v) is 5.91. The monoisotopic (exact) mass is 375 g/mol. The molecule has 1 saturated carbocycles. The lowest BCUT2D eigenvalue weighted by Crippen LogP contribution is -2.31. The number of cyclic esters (lactones) is 1. The summed E-state index contributed by atoms with van der Waals surface area (Å²) in [4.78, 5) is 24.7. The van der Waals surface area contributed by atoms with Crippen molar-refractivity contribution in [1.82, 2.24) is 0 Å². The second kappa shape index (κ2) is 7.27. The first-order valence-corrected chi connectivity index (χ1v) is 9.73. The summed E-state index contributed by atoms with van der Waals surface area (Å²) in [6, 6.07) is 15.7. The molecule has 1 N–H and O–H groups in total. The number of carbonyl (C=O) groups is 2. The van der Waals surface area contributed by atoms with Crippen LogP contribution in [-0.4, -0.2) is 18.5 Å². The molecule has 2 atom stereocenters. The zero-order valence-electron chi connectivity index (χ0n) is 16.2. The van der Waals surface area contributed by atoms with Gasteiger partial charge in [0, 0.05) is 11.6 Å². The van der Waals surface area contributed by atoms with E-state index in [0.29, 0.717) is 25.9 Å². The minimum Gasteiger partial charge on any atom is -0.465 e. The van der Waals surface area contributed by atoms with Crippen molar-refractivity contribution in [1.29, 1.82) is 0 Å². The summed E-state index contributed by atoms with van der Waals surface area (Å²) >= 11 is 0. The number of carbonyl (C=O) groups excluding carboxylic acids is 2. The second-order valence-electron chi connectivity index (χ2n) is 8.17. The molecule has 2 aliphatic rings. The smallest absolute Gasteiger partial charge is 0.313 e. The lowest BCUT2D eigenvalue weighted by atomic mass is 9.75. The number of fused-ring (bicyclic) bond motifs is 1. The van der Waals surface area contributed by atoms with E-state index in [0.717, 1.165) is 34.4 Å². The molecule has 0 aromatic heterocycles. The molecule has 2 aromatic rings. The molecule has 4 nitrogen and oxygen atoms in total. The molecule has 0 radical (unpaired) electrons. The highest BCUT2D eigenvalue weighted by Gasteiger charge is 2.55.